The summed E-state index contributed by atoms with van der Waals surface area (Å²) in [6, 6.07) is 6.72. The second-order valence-electron chi connectivity index (χ2n) is 5.18. The summed E-state index contributed by atoms with van der Waals surface area (Å²) >= 11 is 7.13. The van der Waals surface area contributed by atoms with Gasteiger partial charge in [-0.2, -0.15) is 5.26 Å². The van der Waals surface area contributed by atoms with Crippen molar-refractivity contribution >= 4 is 35.0 Å². The molecule has 0 unspecified atom stereocenters. The van der Waals surface area contributed by atoms with Crippen LogP contribution in [0.25, 0.3) is 0 Å². The number of benzene rings is 1. The first-order chi connectivity index (χ1) is 11.0. The lowest BCUT2D eigenvalue weighted by Crippen LogP contribution is -2.16. The highest BCUT2D eigenvalue weighted by Gasteiger charge is 2.12. The molecule has 0 saturated carbocycles. The van der Waals surface area contributed by atoms with E-state index in [1.807, 2.05) is 6.07 Å². The Morgan fingerprint density at radius 1 is 1.52 bits per heavy atom. The lowest BCUT2D eigenvalue weighted by molar-refractivity contribution is -0.113. The molecule has 0 aliphatic rings. The first-order valence-corrected chi connectivity index (χ1v) is 8.24. The molecule has 0 saturated heterocycles. The van der Waals surface area contributed by atoms with Crippen LogP contribution in [-0.4, -0.2) is 31.9 Å². The molecule has 0 spiro atoms. The van der Waals surface area contributed by atoms with Gasteiger partial charge in [-0.05, 0) is 34.5 Å². The van der Waals surface area contributed by atoms with Crippen molar-refractivity contribution in [1.29, 1.82) is 5.26 Å². The Morgan fingerprint density at radius 3 is 3.00 bits per heavy atom. The van der Waals surface area contributed by atoms with E-state index in [1.54, 1.807) is 22.9 Å². The fraction of sp³-hybridized carbons (Fsp3) is 0.357. The summed E-state index contributed by atoms with van der Waals surface area (Å²) in [6.45, 7) is 4.81. The van der Waals surface area contributed by atoms with Crippen molar-refractivity contribution in [2.24, 2.45) is 5.92 Å². The van der Waals surface area contributed by atoms with Gasteiger partial charge in [0, 0.05) is 11.6 Å². The number of carbonyl (C=O) groups is 1. The Labute approximate surface area is 143 Å². The van der Waals surface area contributed by atoms with Crippen LogP contribution in [0.2, 0.25) is 5.02 Å². The Hall–Kier alpha value is -2.11. The molecule has 0 bridgehead atoms. The van der Waals surface area contributed by atoms with Crippen molar-refractivity contribution in [2.45, 2.75) is 25.5 Å². The molecule has 1 amide bonds. The Balaban J connectivity index is 1.98. The highest BCUT2D eigenvalue weighted by Crippen LogP contribution is 2.21. The monoisotopic (exact) mass is 350 g/mol. The van der Waals surface area contributed by atoms with Crippen molar-refractivity contribution in [3.63, 3.8) is 0 Å². The third-order valence-electron chi connectivity index (χ3n) is 2.75. The van der Waals surface area contributed by atoms with Gasteiger partial charge in [0.05, 0.1) is 17.0 Å². The van der Waals surface area contributed by atoms with Crippen LogP contribution >= 0.6 is 23.4 Å². The summed E-state index contributed by atoms with van der Waals surface area (Å²) < 4.78 is 1.67. The van der Waals surface area contributed by atoms with Gasteiger partial charge in [-0.3, -0.25) is 4.79 Å². The number of tetrazole rings is 1. The highest BCUT2D eigenvalue weighted by atomic mass is 35.5. The normalized spacial score (nSPS) is 10.6. The predicted molar refractivity (Wildman–Crippen MR) is 88.2 cm³/mol. The predicted octanol–water partition coefficient (Wildman–Crippen LogP) is 2.58. The molecular weight excluding hydrogens is 336 g/mol. The molecule has 0 fully saturated rings. The van der Waals surface area contributed by atoms with Gasteiger partial charge in [0.15, 0.2) is 0 Å². The minimum absolute atomic E-state index is 0.135. The van der Waals surface area contributed by atoms with Crippen molar-refractivity contribution < 1.29 is 4.79 Å². The SMILES string of the molecule is CC(C)Cn1nnnc1SCC(=O)Nc1cc(Cl)ccc1C#N. The van der Waals surface area contributed by atoms with E-state index in [9.17, 15) is 4.79 Å². The van der Waals surface area contributed by atoms with E-state index in [4.69, 9.17) is 16.9 Å². The number of thioether (sulfide) groups is 1. The van der Waals surface area contributed by atoms with Gasteiger partial charge < -0.3 is 5.32 Å². The summed E-state index contributed by atoms with van der Waals surface area (Å²) in [5.74, 6) is 0.278. The zero-order valence-corrected chi connectivity index (χ0v) is 14.2. The largest absolute Gasteiger partial charge is 0.324 e. The summed E-state index contributed by atoms with van der Waals surface area (Å²) in [6.07, 6.45) is 0. The Morgan fingerprint density at radius 2 is 2.30 bits per heavy atom. The topological polar surface area (TPSA) is 96.5 Å². The van der Waals surface area contributed by atoms with Gasteiger partial charge >= 0.3 is 0 Å². The lowest BCUT2D eigenvalue weighted by Gasteiger charge is -2.08. The van der Waals surface area contributed by atoms with Gasteiger partial charge in [-0.25, -0.2) is 4.68 Å². The molecule has 1 heterocycles. The fourth-order valence-corrected chi connectivity index (χ4v) is 2.65. The van der Waals surface area contributed by atoms with Crippen molar-refractivity contribution in [3.8, 4) is 6.07 Å². The fourth-order valence-electron chi connectivity index (χ4n) is 1.79. The molecule has 1 aromatic heterocycles. The number of hydrogen-bond donors (Lipinski definition) is 1. The lowest BCUT2D eigenvalue weighted by atomic mass is 10.2. The molecule has 9 heteroatoms. The molecule has 0 aliphatic carbocycles. The van der Waals surface area contributed by atoms with Crippen LogP contribution in [0.15, 0.2) is 23.4 Å². The van der Waals surface area contributed by atoms with Gasteiger partial charge in [0.1, 0.15) is 6.07 Å². The average molecular weight is 351 g/mol. The maximum Gasteiger partial charge on any atom is 0.234 e. The molecule has 0 atom stereocenters. The van der Waals surface area contributed by atoms with Gasteiger partial charge in [-0.1, -0.05) is 37.2 Å². The van der Waals surface area contributed by atoms with Crippen LogP contribution in [-0.2, 0) is 11.3 Å². The first kappa shape index (κ1) is 17.2. The third-order valence-corrected chi connectivity index (χ3v) is 3.94. The second kappa shape index (κ2) is 7.94. The van der Waals surface area contributed by atoms with Gasteiger partial charge in [-0.15, -0.1) is 5.10 Å². The Kier molecular flexibility index (Phi) is 5.96. The number of hydrogen-bond acceptors (Lipinski definition) is 6. The van der Waals surface area contributed by atoms with Crippen molar-refractivity contribution in [3.05, 3.63) is 28.8 Å². The summed E-state index contributed by atoms with van der Waals surface area (Å²) in [7, 11) is 0. The van der Waals surface area contributed by atoms with Gasteiger partial charge in [0.2, 0.25) is 11.1 Å². The van der Waals surface area contributed by atoms with Gasteiger partial charge in [0.25, 0.3) is 0 Å². The number of nitrogens with one attached hydrogen (secondary N) is 1. The van der Waals surface area contributed by atoms with E-state index in [0.29, 0.717) is 33.9 Å². The molecule has 23 heavy (non-hydrogen) atoms. The summed E-state index contributed by atoms with van der Waals surface area (Å²) in [5.41, 5.74) is 0.754. The first-order valence-electron chi connectivity index (χ1n) is 6.88. The Bertz CT molecular complexity index is 739. The van der Waals surface area contributed by atoms with E-state index < -0.39 is 0 Å². The molecular formula is C14H15ClN6OS. The van der Waals surface area contributed by atoms with E-state index in [-0.39, 0.29) is 11.7 Å². The molecule has 0 radical (unpaired) electrons. The quantitative estimate of drug-likeness (QED) is 0.804. The van der Waals surface area contributed by atoms with Crippen LogP contribution in [0.5, 0.6) is 0 Å². The highest BCUT2D eigenvalue weighted by molar-refractivity contribution is 7.99. The summed E-state index contributed by atoms with van der Waals surface area (Å²) in [5, 5.41) is 24.2. The van der Waals surface area contributed by atoms with E-state index in [2.05, 4.69) is 34.7 Å². The molecule has 120 valence electrons. The maximum atomic E-state index is 12.1. The molecule has 2 aromatic rings. The molecule has 0 aliphatic heterocycles. The molecule has 2 rings (SSSR count). The van der Waals surface area contributed by atoms with Crippen molar-refractivity contribution in [1.82, 2.24) is 20.2 Å². The van der Waals surface area contributed by atoms with Crippen LogP contribution in [0.1, 0.15) is 19.4 Å². The van der Waals surface area contributed by atoms with Crippen LogP contribution in [0, 0.1) is 17.2 Å². The number of aromatic nitrogens is 4. The number of carbonyl (C=O) groups excluding carboxylic acids is 1. The molecule has 1 aromatic carbocycles. The minimum Gasteiger partial charge on any atom is -0.324 e. The van der Waals surface area contributed by atoms with Crippen LogP contribution in [0.4, 0.5) is 5.69 Å². The van der Waals surface area contributed by atoms with E-state index in [1.165, 1.54) is 11.8 Å². The number of nitriles is 1. The molecule has 7 nitrogen and oxygen atoms in total. The number of rotatable bonds is 6. The standard InChI is InChI=1S/C14H15ClN6OS/c1-9(2)7-21-14(18-19-20-21)23-8-13(22)17-12-5-11(15)4-3-10(12)6-16/h3-5,9H,7-8H2,1-2H3,(H,17,22). The smallest absolute Gasteiger partial charge is 0.234 e. The summed E-state index contributed by atoms with van der Waals surface area (Å²) in [4.78, 5) is 12.1. The van der Waals surface area contributed by atoms with Crippen molar-refractivity contribution in [2.75, 3.05) is 11.1 Å². The second-order valence-corrected chi connectivity index (χ2v) is 6.55. The number of nitrogens with zero attached hydrogens (tertiary/aromatic N) is 5. The zero-order chi connectivity index (χ0) is 16.8. The number of anilines is 1. The maximum absolute atomic E-state index is 12.1. The van der Waals surface area contributed by atoms with E-state index >= 15 is 0 Å². The number of halogens is 1. The van der Waals surface area contributed by atoms with Crippen LogP contribution in [0.3, 0.4) is 0 Å². The van der Waals surface area contributed by atoms with Crippen LogP contribution < -0.4 is 5.32 Å². The zero-order valence-electron chi connectivity index (χ0n) is 12.7. The molecule has 1 N–H and O–H groups in total. The van der Waals surface area contributed by atoms with E-state index in [0.717, 1.165) is 0 Å². The third kappa shape index (κ3) is 4.94. The minimum atomic E-state index is -0.257. The average Bonchev–Trinajstić information content (AvgIpc) is 2.92. The number of amides is 1.